The minimum absolute atomic E-state index is 0.109. The molecule has 204 valence electrons. The van der Waals surface area contributed by atoms with Crippen molar-refractivity contribution in [3.05, 3.63) is 48.3 Å². The van der Waals surface area contributed by atoms with Crippen molar-refractivity contribution in [2.75, 3.05) is 80.7 Å². The first-order valence-corrected chi connectivity index (χ1v) is 13.9. The van der Waals surface area contributed by atoms with E-state index in [9.17, 15) is 5.26 Å². The van der Waals surface area contributed by atoms with Crippen molar-refractivity contribution < 1.29 is 9.47 Å². The largest absolute Gasteiger partial charge is 0.380 e. The van der Waals surface area contributed by atoms with Gasteiger partial charge >= 0.3 is 0 Å². The molecule has 0 N–H and O–H groups in total. The summed E-state index contributed by atoms with van der Waals surface area (Å²) in [7, 11) is 1.77. The molecule has 3 aromatic rings. The van der Waals surface area contributed by atoms with Gasteiger partial charge in [0.15, 0.2) is 0 Å². The Hall–Kier alpha value is -3.52. The highest BCUT2D eigenvalue weighted by Gasteiger charge is 2.30. The number of aromatic nitrogens is 3. The van der Waals surface area contributed by atoms with Gasteiger partial charge in [0.05, 0.1) is 29.4 Å². The Morgan fingerprint density at radius 2 is 1.85 bits per heavy atom. The maximum absolute atomic E-state index is 9.53. The molecule has 2 aromatic heterocycles. The number of piperazine rings is 1. The van der Waals surface area contributed by atoms with E-state index in [0.29, 0.717) is 5.56 Å². The highest BCUT2D eigenvalue weighted by atomic mass is 16.5. The van der Waals surface area contributed by atoms with Crippen molar-refractivity contribution >= 4 is 28.4 Å². The van der Waals surface area contributed by atoms with Crippen LogP contribution in [0.3, 0.4) is 0 Å². The van der Waals surface area contributed by atoms with Gasteiger partial charge in [-0.15, -0.1) is 0 Å². The van der Waals surface area contributed by atoms with Crippen molar-refractivity contribution in [3.63, 3.8) is 0 Å². The van der Waals surface area contributed by atoms with Crippen LogP contribution in [0.25, 0.3) is 10.9 Å². The number of methoxy groups -OCH3 is 1. The van der Waals surface area contributed by atoms with E-state index in [1.807, 2.05) is 24.4 Å². The van der Waals surface area contributed by atoms with E-state index in [4.69, 9.17) is 14.5 Å². The molecule has 1 aromatic carbocycles. The van der Waals surface area contributed by atoms with E-state index in [2.05, 4.69) is 54.7 Å². The SMILES string of the molecule is COC1CCN(c2nccc(N3CCN(C[C@H]4CN(c5ccc(C#N)c6ncccc56)C[C@@H](C)O4)CC3)n2)C1. The van der Waals surface area contributed by atoms with E-state index < -0.39 is 0 Å². The highest BCUT2D eigenvalue weighted by molar-refractivity contribution is 5.95. The standard InChI is InChI=1S/C29H36N8O2/c1-21-17-37(26-6-5-22(16-30)28-25(26)4-3-9-31-28)20-24(39-21)18-34-12-14-35(15-13-34)27-7-10-32-29(33-27)36-11-8-23(19-36)38-2/h3-7,9-10,21,23-24H,8,11-15,17-20H2,1-2H3/t21-,23?,24+/m1/s1. The van der Waals surface area contributed by atoms with E-state index in [0.717, 1.165) is 93.7 Å². The lowest BCUT2D eigenvalue weighted by atomic mass is 10.1. The number of pyridine rings is 1. The van der Waals surface area contributed by atoms with Crippen LogP contribution in [0.2, 0.25) is 0 Å². The summed E-state index contributed by atoms with van der Waals surface area (Å²) in [6.45, 7) is 10.2. The molecule has 3 atom stereocenters. The topological polar surface area (TPSA) is 93.9 Å². The molecule has 1 unspecified atom stereocenters. The van der Waals surface area contributed by atoms with Crippen molar-refractivity contribution in [3.8, 4) is 6.07 Å². The van der Waals surface area contributed by atoms with Crippen LogP contribution in [0.15, 0.2) is 42.7 Å². The zero-order valence-electron chi connectivity index (χ0n) is 22.7. The summed E-state index contributed by atoms with van der Waals surface area (Å²) in [5.74, 6) is 1.79. The van der Waals surface area contributed by atoms with Gasteiger partial charge in [-0.25, -0.2) is 4.98 Å². The van der Waals surface area contributed by atoms with Crippen LogP contribution in [0.4, 0.5) is 17.5 Å². The number of hydrogen-bond donors (Lipinski definition) is 0. The Labute approximate surface area is 229 Å². The summed E-state index contributed by atoms with van der Waals surface area (Å²) in [5, 5.41) is 10.6. The number of morpholine rings is 1. The molecule has 0 aliphatic carbocycles. The summed E-state index contributed by atoms with van der Waals surface area (Å²) in [5.41, 5.74) is 2.50. The number of hydrogen-bond acceptors (Lipinski definition) is 10. The fourth-order valence-electron chi connectivity index (χ4n) is 6.08. The maximum atomic E-state index is 9.53. The smallest absolute Gasteiger partial charge is 0.227 e. The molecule has 3 saturated heterocycles. The molecule has 10 heteroatoms. The average molecular weight is 529 g/mol. The first kappa shape index (κ1) is 25.7. The molecule has 0 saturated carbocycles. The maximum Gasteiger partial charge on any atom is 0.227 e. The third-order valence-corrected chi connectivity index (χ3v) is 8.08. The van der Waals surface area contributed by atoms with Gasteiger partial charge < -0.3 is 24.2 Å². The monoisotopic (exact) mass is 528 g/mol. The predicted molar refractivity (Wildman–Crippen MR) is 151 cm³/mol. The van der Waals surface area contributed by atoms with E-state index in [1.165, 1.54) is 0 Å². The summed E-state index contributed by atoms with van der Waals surface area (Å²) in [6.07, 6.45) is 5.13. The van der Waals surface area contributed by atoms with Gasteiger partial charge in [-0.3, -0.25) is 9.88 Å². The van der Waals surface area contributed by atoms with Crippen molar-refractivity contribution in [2.24, 2.45) is 0 Å². The molecule has 0 bridgehead atoms. The van der Waals surface area contributed by atoms with E-state index in [1.54, 1.807) is 13.3 Å². The Kier molecular flexibility index (Phi) is 7.46. The van der Waals surface area contributed by atoms with Crippen LogP contribution in [0, 0.1) is 11.3 Å². The van der Waals surface area contributed by atoms with Crippen LogP contribution in [0.1, 0.15) is 18.9 Å². The molecular weight excluding hydrogens is 492 g/mol. The molecule has 3 fully saturated rings. The van der Waals surface area contributed by atoms with Crippen LogP contribution in [0.5, 0.6) is 0 Å². The van der Waals surface area contributed by atoms with Gasteiger partial charge in [-0.05, 0) is 43.7 Å². The Bertz CT molecular complexity index is 1340. The second kappa shape index (κ2) is 11.3. The zero-order chi connectivity index (χ0) is 26.8. The highest BCUT2D eigenvalue weighted by Crippen LogP contribution is 2.30. The number of nitrogens with zero attached hydrogens (tertiary/aromatic N) is 8. The van der Waals surface area contributed by atoms with Gasteiger partial charge in [0.1, 0.15) is 11.9 Å². The van der Waals surface area contributed by atoms with Crippen molar-refractivity contribution in [1.82, 2.24) is 19.9 Å². The number of anilines is 3. The van der Waals surface area contributed by atoms with Crippen molar-refractivity contribution in [1.29, 1.82) is 5.26 Å². The Morgan fingerprint density at radius 1 is 0.974 bits per heavy atom. The summed E-state index contributed by atoms with van der Waals surface area (Å²) < 4.78 is 11.9. The predicted octanol–water partition coefficient (Wildman–Crippen LogP) is 2.54. The molecule has 39 heavy (non-hydrogen) atoms. The lowest BCUT2D eigenvalue weighted by molar-refractivity contribution is -0.0327. The third kappa shape index (κ3) is 5.48. The number of ether oxygens (including phenoxy) is 2. The number of fused-ring (bicyclic) bond motifs is 1. The second-order valence-corrected chi connectivity index (χ2v) is 10.7. The molecule has 6 rings (SSSR count). The normalized spacial score (nSPS) is 24.3. The molecule has 5 heterocycles. The fourth-order valence-corrected chi connectivity index (χ4v) is 6.08. The van der Waals surface area contributed by atoms with Crippen molar-refractivity contribution in [2.45, 2.75) is 31.7 Å². The molecule has 0 amide bonds. The van der Waals surface area contributed by atoms with Gasteiger partial charge in [0, 0.05) is 89.5 Å². The van der Waals surface area contributed by atoms with E-state index >= 15 is 0 Å². The fraction of sp³-hybridized carbons (Fsp3) is 0.517. The number of benzene rings is 1. The minimum Gasteiger partial charge on any atom is -0.380 e. The van der Waals surface area contributed by atoms with Gasteiger partial charge in [0.2, 0.25) is 5.95 Å². The molecule has 3 aliphatic heterocycles. The Balaban J connectivity index is 1.08. The average Bonchev–Trinajstić information content (AvgIpc) is 3.46. The number of rotatable bonds is 6. The van der Waals surface area contributed by atoms with Crippen LogP contribution in [-0.4, -0.2) is 104 Å². The molecule has 3 aliphatic rings. The number of nitriles is 1. The van der Waals surface area contributed by atoms with Crippen LogP contribution < -0.4 is 14.7 Å². The van der Waals surface area contributed by atoms with Crippen LogP contribution >= 0.6 is 0 Å². The van der Waals surface area contributed by atoms with Crippen LogP contribution in [-0.2, 0) is 9.47 Å². The molecule has 10 nitrogen and oxygen atoms in total. The van der Waals surface area contributed by atoms with Gasteiger partial charge in [-0.1, -0.05) is 0 Å². The van der Waals surface area contributed by atoms with Gasteiger partial charge in [-0.2, -0.15) is 10.2 Å². The summed E-state index contributed by atoms with van der Waals surface area (Å²) >= 11 is 0. The summed E-state index contributed by atoms with van der Waals surface area (Å²) in [6, 6.07) is 12.2. The molecule has 0 spiro atoms. The van der Waals surface area contributed by atoms with E-state index in [-0.39, 0.29) is 18.3 Å². The molecule has 0 radical (unpaired) electrons. The first-order chi connectivity index (χ1) is 19.1. The zero-order valence-corrected chi connectivity index (χ0v) is 22.7. The minimum atomic E-state index is 0.109. The molecular formula is C29H36N8O2. The first-order valence-electron chi connectivity index (χ1n) is 13.9. The quantitative estimate of drug-likeness (QED) is 0.475. The van der Waals surface area contributed by atoms with Gasteiger partial charge in [0.25, 0.3) is 0 Å². The lowest BCUT2D eigenvalue weighted by Gasteiger charge is -2.42. The second-order valence-electron chi connectivity index (χ2n) is 10.7. The Morgan fingerprint density at radius 3 is 2.64 bits per heavy atom. The summed E-state index contributed by atoms with van der Waals surface area (Å²) in [4.78, 5) is 23.4. The lowest BCUT2D eigenvalue weighted by Crippen LogP contribution is -2.54. The third-order valence-electron chi connectivity index (χ3n) is 8.08.